The van der Waals surface area contributed by atoms with E-state index in [2.05, 4.69) is 5.32 Å². The second-order valence-electron chi connectivity index (χ2n) is 8.02. The number of anilines is 1. The summed E-state index contributed by atoms with van der Waals surface area (Å²) in [6, 6.07) is 4.72. The standard InChI is InChI=1S/C20H26N4O7S/c1-13(17(26)22-14-7-6-8-15(11-14)32(21,29)30)31-16(25)12-24-18(27)20(23(2)19(24)28)9-4-3-5-10-20/h6-8,11,13H,3-5,9-10,12H2,1-2H3,(H,22,26)(H2,21,29,30). The number of ether oxygens (including phenoxy) is 1. The molecule has 1 aliphatic carbocycles. The lowest BCUT2D eigenvalue weighted by Crippen LogP contribution is -2.49. The molecule has 1 aromatic rings. The Morgan fingerprint density at radius 3 is 2.50 bits per heavy atom. The van der Waals surface area contributed by atoms with Crippen LogP contribution in [-0.2, 0) is 29.1 Å². The first-order valence-corrected chi connectivity index (χ1v) is 11.7. The fraction of sp³-hybridized carbons (Fsp3) is 0.500. The topological polar surface area (TPSA) is 156 Å². The maximum atomic E-state index is 12.9. The molecule has 1 heterocycles. The molecule has 2 fully saturated rings. The number of carbonyl (C=O) groups is 4. The summed E-state index contributed by atoms with van der Waals surface area (Å²) in [5.74, 6) is -2.04. The molecule has 1 saturated carbocycles. The van der Waals surface area contributed by atoms with E-state index in [1.54, 1.807) is 7.05 Å². The fourth-order valence-electron chi connectivity index (χ4n) is 4.08. The molecule has 12 heteroatoms. The van der Waals surface area contributed by atoms with E-state index in [0.717, 1.165) is 24.2 Å². The Balaban J connectivity index is 1.60. The van der Waals surface area contributed by atoms with Gasteiger partial charge >= 0.3 is 12.0 Å². The highest BCUT2D eigenvalue weighted by Gasteiger charge is 2.56. The summed E-state index contributed by atoms with van der Waals surface area (Å²) < 4.78 is 28.0. The summed E-state index contributed by atoms with van der Waals surface area (Å²) in [6.45, 7) is 0.724. The number of carbonyl (C=O) groups excluding carboxylic acids is 4. The highest BCUT2D eigenvalue weighted by Crippen LogP contribution is 2.39. The number of esters is 1. The average molecular weight is 467 g/mol. The molecule has 1 unspecified atom stereocenters. The van der Waals surface area contributed by atoms with E-state index >= 15 is 0 Å². The zero-order valence-electron chi connectivity index (χ0n) is 17.9. The van der Waals surface area contributed by atoms with Gasteiger partial charge in [0.25, 0.3) is 11.8 Å². The van der Waals surface area contributed by atoms with Gasteiger partial charge in [0.15, 0.2) is 6.10 Å². The van der Waals surface area contributed by atoms with Crippen molar-refractivity contribution >= 4 is 39.5 Å². The van der Waals surface area contributed by atoms with E-state index in [-0.39, 0.29) is 10.6 Å². The van der Waals surface area contributed by atoms with Crippen molar-refractivity contribution in [2.24, 2.45) is 5.14 Å². The molecular formula is C20H26N4O7S. The van der Waals surface area contributed by atoms with Crippen molar-refractivity contribution in [3.8, 4) is 0 Å². The van der Waals surface area contributed by atoms with E-state index in [0.29, 0.717) is 12.8 Å². The van der Waals surface area contributed by atoms with Crippen LogP contribution in [0.4, 0.5) is 10.5 Å². The first-order valence-electron chi connectivity index (χ1n) is 10.2. The van der Waals surface area contributed by atoms with Crippen molar-refractivity contribution in [1.29, 1.82) is 0 Å². The van der Waals surface area contributed by atoms with Gasteiger partial charge in [-0.05, 0) is 38.0 Å². The van der Waals surface area contributed by atoms with Crippen LogP contribution >= 0.6 is 0 Å². The number of hydrogen-bond acceptors (Lipinski definition) is 7. The number of hydrogen-bond donors (Lipinski definition) is 2. The third kappa shape index (κ3) is 4.60. The van der Waals surface area contributed by atoms with Crippen LogP contribution in [0.15, 0.2) is 29.2 Å². The van der Waals surface area contributed by atoms with E-state index in [1.165, 1.54) is 36.1 Å². The Hall–Kier alpha value is -2.99. The molecule has 1 spiro atoms. The fourth-order valence-corrected chi connectivity index (χ4v) is 4.64. The van der Waals surface area contributed by atoms with Gasteiger partial charge < -0.3 is 15.0 Å². The number of primary sulfonamides is 1. The molecule has 0 radical (unpaired) electrons. The highest BCUT2D eigenvalue weighted by molar-refractivity contribution is 7.89. The third-order valence-corrected chi connectivity index (χ3v) is 6.79. The first kappa shape index (κ1) is 23.7. The number of imide groups is 1. The number of rotatable bonds is 6. The molecule has 3 rings (SSSR count). The second kappa shape index (κ2) is 8.87. The van der Waals surface area contributed by atoms with Crippen molar-refractivity contribution in [2.75, 3.05) is 18.9 Å². The lowest BCUT2D eigenvalue weighted by atomic mass is 9.81. The summed E-state index contributed by atoms with van der Waals surface area (Å²) in [7, 11) is -2.39. The Kier molecular flexibility index (Phi) is 6.56. The predicted octanol–water partition coefficient (Wildman–Crippen LogP) is 0.801. The summed E-state index contributed by atoms with van der Waals surface area (Å²) in [5.41, 5.74) is -0.761. The lowest BCUT2D eigenvalue weighted by molar-refractivity contribution is -0.155. The highest BCUT2D eigenvalue weighted by atomic mass is 32.2. The Labute approximate surface area is 185 Å². The van der Waals surface area contributed by atoms with Crippen LogP contribution in [0.1, 0.15) is 39.0 Å². The number of amides is 4. The van der Waals surface area contributed by atoms with Crippen molar-refractivity contribution in [1.82, 2.24) is 9.80 Å². The molecule has 1 atom stereocenters. The number of likely N-dealkylation sites (N-methyl/N-ethyl adjacent to an activating group) is 1. The maximum absolute atomic E-state index is 12.9. The van der Waals surface area contributed by atoms with Crippen molar-refractivity contribution in [3.05, 3.63) is 24.3 Å². The molecule has 4 amide bonds. The second-order valence-corrected chi connectivity index (χ2v) is 9.58. The van der Waals surface area contributed by atoms with Gasteiger partial charge in [0.2, 0.25) is 10.0 Å². The quantitative estimate of drug-likeness (QED) is 0.464. The number of nitrogens with one attached hydrogen (secondary N) is 1. The summed E-state index contributed by atoms with van der Waals surface area (Å²) in [5, 5.41) is 7.50. The minimum Gasteiger partial charge on any atom is -0.451 e. The number of nitrogens with two attached hydrogens (primary N) is 1. The van der Waals surface area contributed by atoms with E-state index in [9.17, 15) is 27.6 Å². The normalized spacial score (nSPS) is 19.2. The minimum absolute atomic E-state index is 0.148. The van der Waals surface area contributed by atoms with Crippen LogP contribution in [0.5, 0.6) is 0 Å². The van der Waals surface area contributed by atoms with Gasteiger partial charge in [-0.3, -0.25) is 19.3 Å². The number of sulfonamides is 1. The van der Waals surface area contributed by atoms with Crippen LogP contribution < -0.4 is 10.5 Å². The van der Waals surface area contributed by atoms with Gasteiger partial charge in [-0.1, -0.05) is 25.3 Å². The predicted molar refractivity (Wildman–Crippen MR) is 113 cm³/mol. The molecule has 1 aromatic carbocycles. The summed E-state index contributed by atoms with van der Waals surface area (Å²) >= 11 is 0. The Morgan fingerprint density at radius 1 is 1.22 bits per heavy atom. The molecule has 3 N–H and O–H groups in total. The zero-order valence-corrected chi connectivity index (χ0v) is 18.7. The zero-order chi connectivity index (χ0) is 23.7. The molecule has 1 aliphatic heterocycles. The Bertz CT molecular complexity index is 1050. The number of nitrogens with zero attached hydrogens (tertiary/aromatic N) is 2. The maximum Gasteiger partial charge on any atom is 0.327 e. The van der Waals surface area contributed by atoms with Gasteiger partial charge in [0, 0.05) is 12.7 Å². The van der Waals surface area contributed by atoms with Crippen LogP contribution in [0.3, 0.4) is 0 Å². The molecule has 0 aromatic heterocycles. The largest absolute Gasteiger partial charge is 0.451 e. The molecule has 0 bridgehead atoms. The van der Waals surface area contributed by atoms with E-state index in [4.69, 9.17) is 9.88 Å². The van der Waals surface area contributed by atoms with Gasteiger partial charge in [-0.25, -0.2) is 18.4 Å². The van der Waals surface area contributed by atoms with E-state index in [1.807, 2.05) is 0 Å². The molecule has 2 aliphatic rings. The Morgan fingerprint density at radius 2 is 1.88 bits per heavy atom. The van der Waals surface area contributed by atoms with Crippen LogP contribution in [-0.4, -0.2) is 67.3 Å². The molecular weight excluding hydrogens is 440 g/mol. The first-order chi connectivity index (χ1) is 15.0. The van der Waals surface area contributed by atoms with Crippen molar-refractivity contribution < 1.29 is 32.3 Å². The third-order valence-electron chi connectivity index (χ3n) is 5.88. The average Bonchev–Trinajstić information content (AvgIpc) is 2.90. The number of benzene rings is 1. The minimum atomic E-state index is -3.95. The monoisotopic (exact) mass is 466 g/mol. The van der Waals surface area contributed by atoms with Gasteiger partial charge in [0.1, 0.15) is 12.1 Å². The van der Waals surface area contributed by atoms with E-state index < -0.39 is 52.0 Å². The molecule has 11 nitrogen and oxygen atoms in total. The molecule has 174 valence electrons. The number of urea groups is 1. The smallest absolute Gasteiger partial charge is 0.327 e. The van der Waals surface area contributed by atoms with Gasteiger partial charge in [-0.2, -0.15) is 0 Å². The molecule has 1 saturated heterocycles. The summed E-state index contributed by atoms with van der Waals surface area (Å²) in [4.78, 5) is 52.3. The van der Waals surface area contributed by atoms with Crippen LogP contribution in [0, 0.1) is 0 Å². The van der Waals surface area contributed by atoms with Crippen LogP contribution in [0.25, 0.3) is 0 Å². The van der Waals surface area contributed by atoms with Crippen molar-refractivity contribution in [2.45, 2.75) is 55.6 Å². The van der Waals surface area contributed by atoms with Crippen molar-refractivity contribution in [3.63, 3.8) is 0 Å². The lowest BCUT2D eigenvalue weighted by Gasteiger charge is -2.35. The van der Waals surface area contributed by atoms with Gasteiger partial charge in [0.05, 0.1) is 4.90 Å². The van der Waals surface area contributed by atoms with Crippen LogP contribution in [0.2, 0.25) is 0 Å². The summed E-state index contributed by atoms with van der Waals surface area (Å²) in [6.07, 6.45) is 2.49. The SMILES string of the molecule is CC(OC(=O)CN1C(=O)N(C)C2(CCCCC2)C1=O)C(=O)Nc1cccc(S(N)(=O)=O)c1. The molecule has 32 heavy (non-hydrogen) atoms. The van der Waals surface area contributed by atoms with Gasteiger partial charge in [-0.15, -0.1) is 0 Å².